The fourth-order valence-electron chi connectivity index (χ4n) is 3.38. The maximum Gasteiger partial charge on any atom is 0.243 e. The molecule has 2 rings (SSSR count). The summed E-state index contributed by atoms with van der Waals surface area (Å²) in [4.78, 5) is 25.6. The SMILES string of the molecule is N=C(N)N(CCCCNC(=O)/C=C/c1ccc(O)c(O)c1)CCCCNC(=O)/C=C/c1ccc(O)c(O)c1. The van der Waals surface area contributed by atoms with Crippen LogP contribution >= 0.6 is 0 Å². The first-order chi connectivity index (χ1) is 18.2. The third kappa shape index (κ3) is 10.9. The van der Waals surface area contributed by atoms with E-state index in [1.807, 2.05) is 0 Å². The van der Waals surface area contributed by atoms with Crippen molar-refractivity contribution < 1.29 is 30.0 Å². The van der Waals surface area contributed by atoms with Gasteiger partial charge in [-0.1, -0.05) is 12.1 Å². The van der Waals surface area contributed by atoms with Crippen molar-refractivity contribution in [2.75, 3.05) is 26.2 Å². The number of hydrogen-bond acceptors (Lipinski definition) is 7. The van der Waals surface area contributed by atoms with Crippen molar-refractivity contribution in [2.45, 2.75) is 25.7 Å². The number of phenols is 4. The molecular formula is C27H35N5O6. The zero-order valence-corrected chi connectivity index (χ0v) is 21.1. The van der Waals surface area contributed by atoms with Crippen LogP contribution in [-0.2, 0) is 9.59 Å². The van der Waals surface area contributed by atoms with Gasteiger partial charge in [0.2, 0.25) is 11.8 Å². The van der Waals surface area contributed by atoms with Crippen LogP contribution in [-0.4, -0.2) is 69.3 Å². The van der Waals surface area contributed by atoms with Crippen LogP contribution in [0, 0.1) is 5.41 Å². The smallest absolute Gasteiger partial charge is 0.243 e. The fourth-order valence-corrected chi connectivity index (χ4v) is 3.38. The average Bonchev–Trinajstić information content (AvgIpc) is 2.88. The summed E-state index contributed by atoms with van der Waals surface area (Å²) in [6.07, 6.45) is 8.61. The number of unbranched alkanes of at least 4 members (excludes halogenated alkanes) is 2. The molecular weight excluding hydrogens is 490 g/mol. The highest BCUT2D eigenvalue weighted by Gasteiger charge is 2.07. The molecule has 0 heterocycles. The van der Waals surface area contributed by atoms with Crippen molar-refractivity contribution in [3.8, 4) is 23.0 Å². The topological polar surface area (TPSA) is 192 Å². The Labute approximate surface area is 221 Å². The number of guanidine groups is 1. The van der Waals surface area contributed by atoms with Gasteiger partial charge in [-0.25, -0.2) is 0 Å². The van der Waals surface area contributed by atoms with Gasteiger partial charge < -0.3 is 41.7 Å². The third-order valence-electron chi connectivity index (χ3n) is 5.50. The third-order valence-corrected chi connectivity index (χ3v) is 5.50. The summed E-state index contributed by atoms with van der Waals surface area (Å²) in [7, 11) is 0. The van der Waals surface area contributed by atoms with E-state index < -0.39 is 0 Å². The molecule has 0 atom stereocenters. The number of nitrogens with one attached hydrogen (secondary N) is 3. The first-order valence-corrected chi connectivity index (χ1v) is 12.2. The second-order valence-corrected chi connectivity index (χ2v) is 8.53. The Kier molecular flexibility index (Phi) is 12.0. The van der Waals surface area contributed by atoms with E-state index in [0.717, 1.165) is 12.8 Å². The van der Waals surface area contributed by atoms with Crippen molar-refractivity contribution in [2.24, 2.45) is 5.73 Å². The maximum atomic E-state index is 11.9. The van der Waals surface area contributed by atoms with Crippen molar-refractivity contribution >= 4 is 29.9 Å². The number of nitrogens with zero attached hydrogens (tertiary/aromatic N) is 1. The molecule has 0 saturated heterocycles. The lowest BCUT2D eigenvalue weighted by atomic mass is 10.2. The molecule has 2 amide bonds. The molecule has 9 N–H and O–H groups in total. The van der Waals surface area contributed by atoms with Crippen molar-refractivity contribution in [1.29, 1.82) is 5.41 Å². The maximum absolute atomic E-state index is 11.9. The highest BCUT2D eigenvalue weighted by atomic mass is 16.3. The van der Waals surface area contributed by atoms with Crippen LogP contribution < -0.4 is 16.4 Å². The molecule has 0 aromatic heterocycles. The Morgan fingerprint density at radius 3 is 1.53 bits per heavy atom. The van der Waals surface area contributed by atoms with Crippen molar-refractivity contribution in [3.63, 3.8) is 0 Å². The minimum atomic E-state index is -0.279. The lowest BCUT2D eigenvalue weighted by molar-refractivity contribution is -0.117. The number of nitrogens with two attached hydrogens (primary N) is 1. The monoisotopic (exact) mass is 525 g/mol. The van der Waals surface area contributed by atoms with Crippen LogP contribution in [0.3, 0.4) is 0 Å². The molecule has 38 heavy (non-hydrogen) atoms. The van der Waals surface area contributed by atoms with Crippen LogP contribution in [0.25, 0.3) is 12.2 Å². The molecule has 0 bridgehead atoms. The summed E-state index contributed by atoms with van der Waals surface area (Å²) in [6.45, 7) is 2.06. The van der Waals surface area contributed by atoms with E-state index in [0.29, 0.717) is 50.1 Å². The number of hydrogen-bond donors (Lipinski definition) is 8. The van der Waals surface area contributed by atoms with E-state index in [4.69, 9.17) is 11.1 Å². The largest absolute Gasteiger partial charge is 0.504 e. The van der Waals surface area contributed by atoms with Gasteiger partial charge in [-0.15, -0.1) is 0 Å². The normalized spacial score (nSPS) is 11.1. The first-order valence-electron chi connectivity index (χ1n) is 12.2. The molecule has 204 valence electrons. The van der Waals surface area contributed by atoms with E-state index in [9.17, 15) is 30.0 Å². The standard InChI is InChI=1S/C27H35N5O6/c28-27(29)32(15-3-1-13-30-25(37)11-7-19-5-9-21(33)23(35)17-19)16-4-2-14-31-26(38)12-8-20-6-10-22(34)24(36)18-20/h5-12,17-18,33-36H,1-4,13-16H2,(H3,28,29)(H,30,37)(H,31,38)/b11-7+,12-8+. The molecule has 0 fully saturated rings. The van der Waals surface area contributed by atoms with Gasteiger partial charge in [-0.05, 0) is 73.2 Å². The quantitative estimate of drug-likeness (QED) is 0.0605. The molecule has 0 spiro atoms. The second kappa shape index (κ2) is 15.4. The first kappa shape index (κ1) is 29.6. The molecule has 2 aromatic carbocycles. The molecule has 0 radical (unpaired) electrons. The van der Waals surface area contributed by atoms with Gasteiger partial charge in [0.25, 0.3) is 0 Å². The van der Waals surface area contributed by atoms with E-state index in [-0.39, 0.29) is 40.8 Å². The number of amides is 2. The van der Waals surface area contributed by atoms with Gasteiger partial charge in [-0.3, -0.25) is 15.0 Å². The van der Waals surface area contributed by atoms with Crippen molar-refractivity contribution in [3.05, 3.63) is 59.7 Å². The summed E-state index contributed by atoms with van der Waals surface area (Å²) in [5.74, 6) is -1.55. The fraction of sp³-hybridized carbons (Fsp3) is 0.296. The molecule has 11 nitrogen and oxygen atoms in total. The van der Waals surface area contributed by atoms with Gasteiger partial charge in [0.15, 0.2) is 29.0 Å². The Morgan fingerprint density at radius 2 is 1.16 bits per heavy atom. The lowest BCUT2D eigenvalue weighted by Crippen LogP contribution is -2.38. The highest BCUT2D eigenvalue weighted by molar-refractivity contribution is 5.92. The number of benzene rings is 2. The van der Waals surface area contributed by atoms with Crippen LogP contribution in [0.1, 0.15) is 36.8 Å². The number of carbonyl (C=O) groups excluding carboxylic acids is 2. The Bertz CT molecular complexity index is 1080. The summed E-state index contributed by atoms with van der Waals surface area (Å²) >= 11 is 0. The Balaban J connectivity index is 1.58. The van der Waals surface area contributed by atoms with Gasteiger partial charge in [-0.2, -0.15) is 0 Å². The van der Waals surface area contributed by atoms with Crippen LogP contribution in [0.4, 0.5) is 0 Å². The predicted octanol–water partition coefficient (Wildman–Crippen LogP) is 2.22. The van der Waals surface area contributed by atoms with E-state index in [1.165, 1.54) is 48.6 Å². The van der Waals surface area contributed by atoms with Gasteiger partial charge in [0, 0.05) is 38.3 Å². The van der Waals surface area contributed by atoms with Crippen LogP contribution in [0.15, 0.2) is 48.6 Å². The molecule has 0 aliphatic heterocycles. The van der Waals surface area contributed by atoms with Crippen molar-refractivity contribution in [1.82, 2.24) is 15.5 Å². The summed E-state index contributed by atoms with van der Waals surface area (Å²) in [5, 5.41) is 50.9. The minimum Gasteiger partial charge on any atom is -0.504 e. The van der Waals surface area contributed by atoms with E-state index in [1.54, 1.807) is 17.0 Å². The zero-order chi connectivity index (χ0) is 27.9. The number of rotatable bonds is 14. The highest BCUT2D eigenvalue weighted by Crippen LogP contribution is 2.26. The van der Waals surface area contributed by atoms with Gasteiger partial charge >= 0.3 is 0 Å². The van der Waals surface area contributed by atoms with Crippen LogP contribution in [0.5, 0.6) is 23.0 Å². The number of carbonyl (C=O) groups is 2. The van der Waals surface area contributed by atoms with Gasteiger partial charge in [0.1, 0.15) is 0 Å². The molecule has 0 saturated carbocycles. The second-order valence-electron chi connectivity index (χ2n) is 8.53. The van der Waals surface area contributed by atoms with E-state index >= 15 is 0 Å². The predicted molar refractivity (Wildman–Crippen MR) is 146 cm³/mol. The average molecular weight is 526 g/mol. The molecule has 0 aliphatic carbocycles. The summed E-state index contributed by atoms with van der Waals surface area (Å²) in [6, 6.07) is 8.55. The van der Waals surface area contributed by atoms with E-state index in [2.05, 4.69) is 10.6 Å². The summed E-state index contributed by atoms with van der Waals surface area (Å²) < 4.78 is 0. The Hall–Kier alpha value is -4.67. The molecule has 11 heteroatoms. The number of aromatic hydroxyl groups is 4. The Morgan fingerprint density at radius 1 is 0.737 bits per heavy atom. The zero-order valence-electron chi connectivity index (χ0n) is 21.1. The lowest BCUT2D eigenvalue weighted by Gasteiger charge is -2.22. The molecule has 2 aromatic rings. The summed E-state index contributed by atoms with van der Waals surface area (Å²) in [5.41, 5.74) is 6.84. The van der Waals surface area contributed by atoms with Crippen LogP contribution in [0.2, 0.25) is 0 Å². The molecule has 0 unspecified atom stereocenters. The molecule has 0 aliphatic rings. The minimum absolute atomic E-state index is 0.0294. The van der Waals surface area contributed by atoms with Gasteiger partial charge in [0.05, 0.1) is 0 Å². The number of phenolic OH excluding ortho intramolecular Hbond substituents is 4.